The van der Waals surface area contributed by atoms with Gasteiger partial charge in [-0.05, 0) is 11.6 Å². The quantitative estimate of drug-likeness (QED) is 0.792. The largest absolute Gasteiger partial charge is 0.488 e. The molecule has 0 fully saturated rings. The monoisotopic (exact) mass is 230 g/mol. The molecule has 0 saturated heterocycles. The lowest BCUT2D eigenvalue weighted by Crippen LogP contribution is -2.02. The Balaban J connectivity index is 2.09. The Morgan fingerprint density at radius 3 is 2.24 bits per heavy atom. The Kier molecular flexibility index (Phi) is 3.75. The molecule has 0 spiro atoms. The van der Waals surface area contributed by atoms with Gasteiger partial charge in [-0.15, -0.1) is 0 Å². The van der Waals surface area contributed by atoms with Crippen molar-refractivity contribution >= 4 is 0 Å². The van der Waals surface area contributed by atoms with Gasteiger partial charge >= 0.3 is 0 Å². The van der Waals surface area contributed by atoms with Crippen LogP contribution in [0.1, 0.15) is 17.4 Å². The molecule has 3 heteroatoms. The van der Waals surface area contributed by atoms with E-state index in [4.69, 9.17) is 4.74 Å². The lowest BCUT2D eigenvalue weighted by Gasteiger charge is -2.12. The highest BCUT2D eigenvalue weighted by molar-refractivity contribution is 5.34. The van der Waals surface area contributed by atoms with Crippen molar-refractivity contribution in [1.29, 1.82) is 0 Å². The number of aliphatic hydroxyl groups excluding tert-OH is 1. The minimum atomic E-state index is -1.51. The molecule has 0 amide bonds. The maximum Gasteiger partial charge on any atom is 0.182 e. The second-order valence-electron chi connectivity index (χ2n) is 3.69. The van der Waals surface area contributed by atoms with Gasteiger partial charge in [-0.3, -0.25) is 0 Å². The fraction of sp³-hybridized carbons (Fsp3) is 0.143. The van der Waals surface area contributed by atoms with Crippen molar-refractivity contribution in [3.63, 3.8) is 0 Å². The summed E-state index contributed by atoms with van der Waals surface area (Å²) in [5.41, 5.74) is 1.41. The van der Waals surface area contributed by atoms with Crippen LogP contribution in [0, 0.1) is 0 Å². The van der Waals surface area contributed by atoms with E-state index in [9.17, 15) is 10.2 Å². The summed E-state index contributed by atoms with van der Waals surface area (Å²) in [7, 11) is 0. The van der Waals surface area contributed by atoms with Crippen LogP contribution in [0.15, 0.2) is 54.6 Å². The van der Waals surface area contributed by atoms with E-state index in [2.05, 4.69) is 0 Å². The van der Waals surface area contributed by atoms with Gasteiger partial charge in [0.05, 0.1) is 0 Å². The Hall–Kier alpha value is -1.84. The van der Waals surface area contributed by atoms with E-state index >= 15 is 0 Å². The van der Waals surface area contributed by atoms with Crippen LogP contribution in [0.4, 0.5) is 0 Å². The molecule has 2 aromatic carbocycles. The Labute approximate surface area is 99.9 Å². The fourth-order valence-electron chi connectivity index (χ4n) is 1.56. The van der Waals surface area contributed by atoms with Crippen molar-refractivity contribution in [2.24, 2.45) is 0 Å². The molecule has 0 aliphatic carbocycles. The van der Waals surface area contributed by atoms with E-state index in [0.29, 0.717) is 17.9 Å². The standard InChI is InChI=1S/C14H14O3/c15-14(16)12-8-4-5-9-13(12)17-10-11-6-2-1-3-7-11/h1-9,14-16H,10H2. The van der Waals surface area contributed by atoms with E-state index in [1.807, 2.05) is 30.3 Å². The minimum absolute atomic E-state index is 0.378. The summed E-state index contributed by atoms with van der Waals surface area (Å²) >= 11 is 0. The highest BCUT2D eigenvalue weighted by Crippen LogP contribution is 2.24. The van der Waals surface area contributed by atoms with Crippen LogP contribution in [0.2, 0.25) is 0 Å². The first-order chi connectivity index (χ1) is 8.27. The third kappa shape index (κ3) is 3.06. The van der Waals surface area contributed by atoms with Crippen LogP contribution < -0.4 is 4.74 Å². The highest BCUT2D eigenvalue weighted by Gasteiger charge is 2.09. The minimum Gasteiger partial charge on any atom is -0.488 e. The maximum atomic E-state index is 9.18. The molecule has 0 aliphatic heterocycles. The van der Waals surface area contributed by atoms with Crippen LogP contribution in [-0.4, -0.2) is 10.2 Å². The smallest absolute Gasteiger partial charge is 0.182 e. The Morgan fingerprint density at radius 2 is 1.53 bits per heavy atom. The molecule has 0 saturated carbocycles. The van der Waals surface area contributed by atoms with E-state index in [1.165, 1.54) is 0 Å². The molecule has 0 aliphatic rings. The number of rotatable bonds is 4. The molecule has 2 rings (SSSR count). The third-order valence-corrected chi connectivity index (χ3v) is 2.43. The fourth-order valence-corrected chi connectivity index (χ4v) is 1.56. The average molecular weight is 230 g/mol. The Bertz CT molecular complexity index is 466. The first-order valence-electron chi connectivity index (χ1n) is 5.39. The molecule has 0 bridgehead atoms. The van der Waals surface area contributed by atoms with Crippen molar-refractivity contribution in [3.05, 3.63) is 65.7 Å². The molecule has 0 unspecified atom stereocenters. The SMILES string of the molecule is OC(O)c1ccccc1OCc1ccccc1. The summed E-state index contributed by atoms with van der Waals surface area (Å²) in [6.45, 7) is 0.407. The van der Waals surface area contributed by atoms with E-state index < -0.39 is 6.29 Å². The van der Waals surface area contributed by atoms with Gasteiger partial charge in [0.1, 0.15) is 12.4 Å². The number of ether oxygens (including phenoxy) is 1. The first kappa shape index (κ1) is 11.6. The number of hydrogen-bond acceptors (Lipinski definition) is 3. The average Bonchev–Trinajstić information content (AvgIpc) is 2.38. The zero-order valence-corrected chi connectivity index (χ0v) is 9.28. The van der Waals surface area contributed by atoms with E-state index in [0.717, 1.165) is 5.56 Å². The summed E-state index contributed by atoms with van der Waals surface area (Å²) in [5.74, 6) is 0.492. The zero-order valence-electron chi connectivity index (χ0n) is 9.28. The number of para-hydroxylation sites is 1. The molecule has 0 heterocycles. The van der Waals surface area contributed by atoms with Gasteiger partial charge in [0.2, 0.25) is 0 Å². The lowest BCUT2D eigenvalue weighted by molar-refractivity contribution is -0.0443. The molecule has 2 N–H and O–H groups in total. The number of aliphatic hydroxyl groups is 2. The molecular formula is C14H14O3. The topological polar surface area (TPSA) is 49.7 Å². The van der Waals surface area contributed by atoms with Gasteiger partial charge in [-0.2, -0.15) is 0 Å². The van der Waals surface area contributed by atoms with E-state index in [1.54, 1.807) is 24.3 Å². The zero-order chi connectivity index (χ0) is 12.1. The summed E-state index contributed by atoms with van der Waals surface area (Å²) in [6, 6.07) is 16.6. The molecule has 0 atom stereocenters. The van der Waals surface area contributed by atoms with Gasteiger partial charge in [-0.1, -0.05) is 48.5 Å². The number of hydrogen-bond donors (Lipinski definition) is 2. The second kappa shape index (κ2) is 5.48. The van der Waals surface area contributed by atoms with Gasteiger partial charge in [0, 0.05) is 5.56 Å². The third-order valence-electron chi connectivity index (χ3n) is 2.43. The predicted molar refractivity (Wildman–Crippen MR) is 64.4 cm³/mol. The van der Waals surface area contributed by atoms with Crippen LogP contribution >= 0.6 is 0 Å². The normalized spacial score (nSPS) is 10.5. The summed E-state index contributed by atoms with van der Waals surface area (Å²) in [5, 5.41) is 18.4. The molecule has 17 heavy (non-hydrogen) atoms. The Morgan fingerprint density at radius 1 is 0.882 bits per heavy atom. The first-order valence-corrected chi connectivity index (χ1v) is 5.39. The van der Waals surface area contributed by atoms with Gasteiger partial charge in [0.25, 0.3) is 0 Å². The summed E-state index contributed by atoms with van der Waals surface area (Å²) in [4.78, 5) is 0. The molecule has 2 aromatic rings. The molecule has 3 nitrogen and oxygen atoms in total. The number of benzene rings is 2. The van der Waals surface area contributed by atoms with Gasteiger partial charge in [0.15, 0.2) is 6.29 Å². The van der Waals surface area contributed by atoms with Crippen molar-refractivity contribution in [2.75, 3.05) is 0 Å². The van der Waals surface area contributed by atoms with Crippen LogP contribution in [-0.2, 0) is 6.61 Å². The lowest BCUT2D eigenvalue weighted by atomic mass is 10.2. The molecule has 0 radical (unpaired) electrons. The molecule has 0 aromatic heterocycles. The van der Waals surface area contributed by atoms with Crippen molar-refractivity contribution in [3.8, 4) is 5.75 Å². The predicted octanol–water partition coefficient (Wildman–Crippen LogP) is 2.25. The van der Waals surface area contributed by atoms with Crippen molar-refractivity contribution in [2.45, 2.75) is 12.9 Å². The van der Waals surface area contributed by atoms with Crippen molar-refractivity contribution in [1.82, 2.24) is 0 Å². The van der Waals surface area contributed by atoms with E-state index in [-0.39, 0.29) is 0 Å². The molecular weight excluding hydrogens is 216 g/mol. The summed E-state index contributed by atoms with van der Waals surface area (Å²) < 4.78 is 5.56. The maximum absolute atomic E-state index is 9.18. The van der Waals surface area contributed by atoms with Gasteiger partial charge in [-0.25, -0.2) is 0 Å². The van der Waals surface area contributed by atoms with Crippen molar-refractivity contribution < 1.29 is 14.9 Å². The van der Waals surface area contributed by atoms with Crippen LogP contribution in [0.3, 0.4) is 0 Å². The second-order valence-corrected chi connectivity index (χ2v) is 3.69. The van der Waals surface area contributed by atoms with Gasteiger partial charge < -0.3 is 14.9 Å². The van der Waals surface area contributed by atoms with Crippen LogP contribution in [0.5, 0.6) is 5.75 Å². The van der Waals surface area contributed by atoms with Crippen LogP contribution in [0.25, 0.3) is 0 Å². The highest BCUT2D eigenvalue weighted by atomic mass is 16.5. The molecule has 88 valence electrons. The summed E-state index contributed by atoms with van der Waals surface area (Å²) in [6.07, 6.45) is -1.51.